The molecule has 0 atom stereocenters. The molecule has 176 valence electrons. The van der Waals surface area contributed by atoms with Crippen molar-refractivity contribution in [3.63, 3.8) is 0 Å². The van der Waals surface area contributed by atoms with Crippen LogP contribution in [0.1, 0.15) is 16.7 Å². The van der Waals surface area contributed by atoms with Crippen molar-refractivity contribution >= 4 is 51.7 Å². The van der Waals surface area contributed by atoms with E-state index in [0.29, 0.717) is 46.0 Å². The zero-order chi connectivity index (χ0) is 24.2. The molecule has 34 heavy (non-hydrogen) atoms. The number of benzene rings is 1. The number of pyridine rings is 1. The first-order valence-corrected chi connectivity index (χ1v) is 11.8. The molecular formula is C24H24N4O4S2. The van der Waals surface area contributed by atoms with Gasteiger partial charge >= 0.3 is 0 Å². The van der Waals surface area contributed by atoms with Crippen molar-refractivity contribution < 1.29 is 14.3 Å². The molecule has 0 unspecified atom stereocenters. The SMILES string of the molecule is COCCNc1nc2c(C)cccn2c(=O)c1/C=C1\SC(=S)N(Cc2ccc(OC)cc2)C1=O. The van der Waals surface area contributed by atoms with Crippen molar-refractivity contribution in [2.45, 2.75) is 13.5 Å². The van der Waals surface area contributed by atoms with Crippen LogP contribution in [0.4, 0.5) is 5.82 Å². The Morgan fingerprint density at radius 2 is 1.94 bits per heavy atom. The van der Waals surface area contributed by atoms with Crippen molar-refractivity contribution in [3.8, 4) is 5.75 Å². The first-order valence-electron chi connectivity index (χ1n) is 10.6. The molecule has 1 N–H and O–H groups in total. The maximum atomic E-state index is 13.4. The Kier molecular flexibility index (Phi) is 7.30. The smallest absolute Gasteiger partial charge is 0.267 e. The summed E-state index contributed by atoms with van der Waals surface area (Å²) in [4.78, 5) is 33.1. The van der Waals surface area contributed by atoms with Crippen molar-refractivity contribution in [2.24, 2.45) is 0 Å². The fourth-order valence-corrected chi connectivity index (χ4v) is 4.77. The van der Waals surface area contributed by atoms with Gasteiger partial charge in [-0.2, -0.15) is 0 Å². The molecule has 1 saturated heterocycles. The van der Waals surface area contributed by atoms with Crippen LogP contribution >= 0.6 is 24.0 Å². The van der Waals surface area contributed by atoms with Gasteiger partial charge in [-0.15, -0.1) is 0 Å². The van der Waals surface area contributed by atoms with Gasteiger partial charge in [0.05, 0.1) is 30.7 Å². The van der Waals surface area contributed by atoms with Crippen LogP contribution in [-0.4, -0.2) is 51.9 Å². The normalized spacial score (nSPS) is 14.9. The molecule has 1 aliphatic rings. The summed E-state index contributed by atoms with van der Waals surface area (Å²) >= 11 is 6.65. The molecule has 1 aromatic carbocycles. The molecule has 1 fully saturated rings. The largest absolute Gasteiger partial charge is 0.497 e. The van der Waals surface area contributed by atoms with E-state index >= 15 is 0 Å². The summed E-state index contributed by atoms with van der Waals surface area (Å²) in [6.45, 7) is 3.13. The molecule has 8 nitrogen and oxygen atoms in total. The molecular weight excluding hydrogens is 472 g/mol. The molecule has 0 saturated carbocycles. The minimum Gasteiger partial charge on any atom is -0.497 e. The lowest BCUT2D eigenvalue weighted by Gasteiger charge is -2.15. The number of anilines is 1. The van der Waals surface area contributed by atoms with E-state index in [1.54, 1.807) is 32.6 Å². The number of carbonyl (C=O) groups is 1. The number of aromatic nitrogens is 2. The zero-order valence-electron chi connectivity index (χ0n) is 19.0. The van der Waals surface area contributed by atoms with Gasteiger partial charge in [-0.25, -0.2) is 4.98 Å². The molecule has 0 bridgehead atoms. The van der Waals surface area contributed by atoms with Gasteiger partial charge in [-0.1, -0.05) is 42.2 Å². The predicted molar refractivity (Wildman–Crippen MR) is 138 cm³/mol. The van der Waals surface area contributed by atoms with E-state index in [0.717, 1.165) is 16.9 Å². The van der Waals surface area contributed by atoms with Gasteiger partial charge in [0.25, 0.3) is 11.5 Å². The molecule has 0 spiro atoms. The van der Waals surface area contributed by atoms with Crippen LogP contribution in [0.5, 0.6) is 5.75 Å². The Hall–Kier alpha value is -3.21. The van der Waals surface area contributed by atoms with Gasteiger partial charge in [0.1, 0.15) is 21.5 Å². The van der Waals surface area contributed by atoms with Crippen molar-refractivity contribution in [2.75, 3.05) is 32.7 Å². The molecule has 0 aliphatic carbocycles. The summed E-state index contributed by atoms with van der Waals surface area (Å²) in [6.07, 6.45) is 3.25. The number of nitrogens with zero attached hydrogens (tertiary/aromatic N) is 3. The van der Waals surface area contributed by atoms with E-state index in [9.17, 15) is 9.59 Å². The maximum Gasteiger partial charge on any atom is 0.267 e. The lowest BCUT2D eigenvalue weighted by Crippen LogP contribution is -2.27. The Bertz CT molecular complexity index is 1340. The van der Waals surface area contributed by atoms with E-state index in [4.69, 9.17) is 21.7 Å². The molecule has 1 amide bonds. The second kappa shape index (κ2) is 10.4. The quantitative estimate of drug-likeness (QED) is 0.288. The maximum absolute atomic E-state index is 13.4. The molecule has 0 radical (unpaired) electrons. The number of thiocarbonyl (C=S) groups is 1. The molecule has 4 rings (SSSR count). The standard InChI is InChI=1S/C24H24N4O4S2/c1-15-5-4-11-27-21(15)26-20(25-10-12-31-2)18(22(27)29)13-19-23(30)28(24(33)34-19)14-16-6-8-17(32-3)9-7-16/h4-9,11,13,25H,10,12,14H2,1-3H3/b19-13-. The van der Waals surface area contributed by atoms with Gasteiger partial charge in [-0.05, 0) is 42.3 Å². The average molecular weight is 497 g/mol. The fraction of sp³-hybridized carbons (Fsp3) is 0.250. The summed E-state index contributed by atoms with van der Waals surface area (Å²) in [6, 6.07) is 11.1. The highest BCUT2D eigenvalue weighted by atomic mass is 32.2. The minimum atomic E-state index is -0.269. The van der Waals surface area contributed by atoms with Crippen molar-refractivity contribution in [1.29, 1.82) is 0 Å². The highest BCUT2D eigenvalue weighted by Gasteiger charge is 2.32. The second-order valence-corrected chi connectivity index (χ2v) is 9.28. The van der Waals surface area contributed by atoms with Gasteiger partial charge in [0.15, 0.2) is 0 Å². The number of rotatable bonds is 8. The molecule has 2 aromatic heterocycles. The second-order valence-electron chi connectivity index (χ2n) is 7.60. The number of nitrogens with one attached hydrogen (secondary N) is 1. The van der Waals surface area contributed by atoms with Crippen LogP contribution in [0.3, 0.4) is 0 Å². The summed E-state index contributed by atoms with van der Waals surface area (Å²) in [7, 11) is 3.20. The van der Waals surface area contributed by atoms with Crippen LogP contribution in [0.15, 0.2) is 52.3 Å². The number of hydrogen-bond donors (Lipinski definition) is 1. The Morgan fingerprint density at radius 3 is 2.65 bits per heavy atom. The number of methoxy groups -OCH3 is 2. The molecule has 3 heterocycles. The van der Waals surface area contributed by atoms with Crippen molar-refractivity contribution in [3.05, 3.63) is 74.5 Å². The molecule has 3 aromatic rings. The Labute approximate surface area is 206 Å². The Morgan fingerprint density at radius 1 is 1.18 bits per heavy atom. The van der Waals surface area contributed by atoms with Gasteiger partial charge in [-0.3, -0.25) is 18.9 Å². The number of fused-ring (bicyclic) bond motifs is 1. The van der Waals surface area contributed by atoms with Crippen LogP contribution in [0.2, 0.25) is 0 Å². The topological polar surface area (TPSA) is 85.2 Å². The number of hydrogen-bond acceptors (Lipinski definition) is 8. The third kappa shape index (κ3) is 4.84. The van der Waals surface area contributed by atoms with Gasteiger partial charge in [0, 0.05) is 19.9 Å². The summed E-state index contributed by atoms with van der Waals surface area (Å²) in [5, 5.41) is 3.16. The highest BCUT2D eigenvalue weighted by molar-refractivity contribution is 8.26. The van der Waals surface area contributed by atoms with Crippen molar-refractivity contribution in [1.82, 2.24) is 14.3 Å². The van der Waals surface area contributed by atoms with Gasteiger partial charge in [0.2, 0.25) is 0 Å². The van der Waals surface area contributed by atoms with E-state index in [-0.39, 0.29) is 11.5 Å². The number of carbonyl (C=O) groups excluding carboxylic acids is 1. The van der Waals surface area contributed by atoms with E-state index in [1.165, 1.54) is 21.1 Å². The fourth-order valence-electron chi connectivity index (χ4n) is 3.53. The predicted octanol–water partition coefficient (Wildman–Crippen LogP) is 3.47. The summed E-state index contributed by atoms with van der Waals surface area (Å²) in [5.74, 6) is 0.890. The summed E-state index contributed by atoms with van der Waals surface area (Å²) < 4.78 is 12.2. The number of amides is 1. The highest BCUT2D eigenvalue weighted by Crippen LogP contribution is 2.34. The number of thioether (sulfide) groups is 1. The van der Waals surface area contributed by atoms with E-state index in [1.807, 2.05) is 37.3 Å². The van der Waals surface area contributed by atoms with Crippen LogP contribution in [0, 0.1) is 6.92 Å². The van der Waals surface area contributed by atoms with Crippen LogP contribution in [-0.2, 0) is 16.1 Å². The van der Waals surface area contributed by atoms with E-state index in [2.05, 4.69) is 10.3 Å². The zero-order valence-corrected chi connectivity index (χ0v) is 20.7. The molecule has 10 heteroatoms. The number of aryl methyl sites for hydroxylation is 1. The monoisotopic (exact) mass is 496 g/mol. The third-order valence-corrected chi connectivity index (χ3v) is 6.71. The lowest BCUT2D eigenvalue weighted by molar-refractivity contribution is -0.122. The average Bonchev–Trinajstić information content (AvgIpc) is 3.10. The summed E-state index contributed by atoms with van der Waals surface area (Å²) in [5.41, 5.74) is 2.37. The third-order valence-electron chi connectivity index (χ3n) is 5.33. The lowest BCUT2D eigenvalue weighted by atomic mass is 10.2. The van der Waals surface area contributed by atoms with Gasteiger partial charge < -0.3 is 14.8 Å². The number of ether oxygens (including phenoxy) is 2. The Balaban J connectivity index is 1.70. The first kappa shape index (κ1) is 23.9. The minimum absolute atomic E-state index is 0.248. The first-order chi connectivity index (χ1) is 16.4. The molecule has 1 aliphatic heterocycles. The van der Waals surface area contributed by atoms with Crippen LogP contribution in [0.25, 0.3) is 11.7 Å². The van der Waals surface area contributed by atoms with Crippen LogP contribution < -0.4 is 15.6 Å². The van der Waals surface area contributed by atoms with E-state index < -0.39 is 0 Å².